The molecule has 0 bridgehead atoms. The zero-order valence-electron chi connectivity index (χ0n) is 23.8. The highest BCUT2D eigenvalue weighted by molar-refractivity contribution is 7.07. The summed E-state index contributed by atoms with van der Waals surface area (Å²) < 4.78 is 13.9. The van der Waals surface area contributed by atoms with Crippen LogP contribution in [0.1, 0.15) is 40.3 Å². The third-order valence-corrected chi connectivity index (χ3v) is 9.03. The van der Waals surface area contributed by atoms with Crippen LogP contribution in [0.3, 0.4) is 0 Å². The molecule has 0 fully saturated rings. The second-order valence-electron chi connectivity index (χ2n) is 10.6. The Morgan fingerprint density at radius 3 is 2.50 bits per heavy atom. The van der Waals surface area contributed by atoms with Crippen LogP contribution in [0.15, 0.2) is 112 Å². The monoisotopic (exact) mass is 601 g/mol. The normalized spacial score (nSPS) is 15.6. The number of ether oxygens (including phenoxy) is 2. The Balaban J connectivity index is 1.31. The van der Waals surface area contributed by atoms with Crippen molar-refractivity contribution in [1.29, 1.82) is 0 Å². The predicted molar refractivity (Wildman–Crippen MR) is 170 cm³/mol. The van der Waals surface area contributed by atoms with Gasteiger partial charge >= 0.3 is 0 Å². The van der Waals surface area contributed by atoms with Gasteiger partial charge in [0.2, 0.25) is 0 Å². The number of rotatable bonds is 7. The van der Waals surface area contributed by atoms with E-state index in [2.05, 4.69) is 18.2 Å². The van der Waals surface area contributed by atoms with Gasteiger partial charge in [-0.15, -0.1) is 0 Å². The number of allylic oxidation sites excluding steroid dienone is 1. The molecule has 9 heteroatoms. The zero-order chi connectivity index (χ0) is 30.2. The number of aryl methyl sites for hydroxylation is 1. The number of para-hydroxylation sites is 1. The maximum atomic E-state index is 14.2. The van der Waals surface area contributed by atoms with Crippen LogP contribution in [-0.4, -0.2) is 16.6 Å². The molecular formula is C35H27N3O5S. The van der Waals surface area contributed by atoms with E-state index >= 15 is 0 Å². The minimum Gasteiger partial charge on any atom is -0.497 e. The molecule has 0 radical (unpaired) electrons. The van der Waals surface area contributed by atoms with E-state index in [1.54, 1.807) is 19.2 Å². The summed E-state index contributed by atoms with van der Waals surface area (Å²) in [5, 5.41) is 11.0. The highest BCUT2D eigenvalue weighted by atomic mass is 32.1. The number of methoxy groups -OCH3 is 1. The van der Waals surface area contributed by atoms with Gasteiger partial charge in [-0.05, 0) is 71.5 Å². The summed E-state index contributed by atoms with van der Waals surface area (Å²) in [6.07, 6.45) is 3.56. The molecule has 0 N–H and O–H groups in total. The molecule has 2 aliphatic rings. The van der Waals surface area contributed by atoms with Crippen molar-refractivity contribution in [2.24, 2.45) is 4.99 Å². The topological polar surface area (TPSA) is 96.0 Å². The summed E-state index contributed by atoms with van der Waals surface area (Å²) in [6.45, 7) is 0.230. The number of thiazole rings is 1. The third-order valence-electron chi connectivity index (χ3n) is 8.05. The first-order valence-corrected chi connectivity index (χ1v) is 15.0. The van der Waals surface area contributed by atoms with Crippen molar-refractivity contribution >= 4 is 28.8 Å². The fraction of sp³-hybridized carbons (Fsp3) is 0.143. The average Bonchev–Trinajstić information content (AvgIpc) is 3.37. The van der Waals surface area contributed by atoms with E-state index in [0.29, 0.717) is 15.1 Å². The van der Waals surface area contributed by atoms with Gasteiger partial charge in [-0.1, -0.05) is 65.9 Å². The van der Waals surface area contributed by atoms with E-state index in [0.717, 1.165) is 52.1 Å². The standard InChI is InChI=1S/C35H27N3O5S/c1-42-27-17-12-24(13-18-27)33-29-19-14-23-6-2-4-8-28(23)32(29)36-35-37(33)34(39)31(44-35)20-25-7-3-5-9-30(25)43-21-22-10-15-26(16-11-22)38(40)41/h2-13,15-18,20,33H,14,19,21H2,1H3/b31-20-/t33-/m0/s1. The fourth-order valence-corrected chi connectivity index (χ4v) is 6.85. The lowest BCUT2D eigenvalue weighted by molar-refractivity contribution is -0.384. The number of nitro groups is 1. The second-order valence-corrected chi connectivity index (χ2v) is 11.6. The molecule has 7 rings (SSSR count). The lowest BCUT2D eigenvalue weighted by atomic mass is 9.83. The largest absolute Gasteiger partial charge is 0.497 e. The maximum absolute atomic E-state index is 14.2. The summed E-state index contributed by atoms with van der Waals surface area (Å²) in [6, 6.07) is 29.8. The van der Waals surface area contributed by atoms with Crippen molar-refractivity contribution < 1.29 is 14.4 Å². The highest BCUT2D eigenvalue weighted by Gasteiger charge is 2.32. The van der Waals surface area contributed by atoms with Crippen molar-refractivity contribution in [2.75, 3.05) is 7.11 Å². The molecule has 0 saturated heterocycles. The van der Waals surface area contributed by atoms with E-state index in [-0.39, 0.29) is 23.9 Å². The van der Waals surface area contributed by atoms with Gasteiger partial charge in [-0.3, -0.25) is 19.5 Å². The van der Waals surface area contributed by atoms with E-state index in [1.807, 2.05) is 65.2 Å². The molecule has 218 valence electrons. The van der Waals surface area contributed by atoms with Gasteiger partial charge in [0.15, 0.2) is 4.80 Å². The van der Waals surface area contributed by atoms with E-state index in [1.165, 1.54) is 29.0 Å². The molecule has 0 unspecified atom stereocenters. The van der Waals surface area contributed by atoms with Gasteiger partial charge in [0, 0.05) is 23.3 Å². The molecule has 1 aliphatic carbocycles. The van der Waals surface area contributed by atoms with Crippen molar-refractivity contribution in [3.63, 3.8) is 0 Å². The number of hydrogen-bond acceptors (Lipinski definition) is 7. The van der Waals surface area contributed by atoms with E-state index in [4.69, 9.17) is 14.5 Å². The van der Waals surface area contributed by atoms with Gasteiger partial charge in [0.1, 0.15) is 18.1 Å². The molecular weight excluding hydrogens is 574 g/mol. The second kappa shape index (κ2) is 11.4. The third kappa shape index (κ3) is 5.01. The van der Waals surface area contributed by atoms with Crippen LogP contribution in [0, 0.1) is 10.1 Å². The van der Waals surface area contributed by atoms with Gasteiger partial charge in [-0.2, -0.15) is 0 Å². The molecule has 1 aromatic heterocycles. The van der Waals surface area contributed by atoms with Crippen molar-refractivity contribution in [2.45, 2.75) is 25.5 Å². The summed E-state index contributed by atoms with van der Waals surface area (Å²) in [4.78, 5) is 30.5. The molecule has 0 amide bonds. The lowest BCUT2D eigenvalue weighted by Crippen LogP contribution is -2.38. The molecule has 1 atom stereocenters. The first-order chi connectivity index (χ1) is 21.5. The number of hydrogen-bond donors (Lipinski definition) is 0. The Morgan fingerprint density at radius 2 is 1.73 bits per heavy atom. The maximum Gasteiger partial charge on any atom is 0.271 e. The molecule has 0 saturated carbocycles. The Morgan fingerprint density at radius 1 is 0.977 bits per heavy atom. The number of benzene rings is 4. The molecule has 8 nitrogen and oxygen atoms in total. The van der Waals surface area contributed by atoms with Crippen molar-refractivity contribution in [1.82, 2.24) is 4.57 Å². The van der Waals surface area contributed by atoms with Crippen LogP contribution in [0.2, 0.25) is 0 Å². The molecule has 1 aliphatic heterocycles. The van der Waals surface area contributed by atoms with Crippen LogP contribution in [0.25, 0.3) is 11.8 Å². The van der Waals surface area contributed by atoms with Crippen molar-refractivity contribution in [3.8, 4) is 11.5 Å². The van der Waals surface area contributed by atoms with E-state index < -0.39 is 4.92 Å². The minimum absolute atomic E-state index is 0.0302. The smallest absolute Gasteiger partial charge is 0.271 e. The van der Waals surface area contributed by atoms with Crippen LogP contribution >= 0.6 is 11.3 Å². The van der Waals surface area contributed by atoms with Crippen LogP contribution in [0.5, 0.6) is 11.5 Å². The number of aromatic nitrogens is 1. The van der Waals surface area contributed by atoms with Crippen LogP contribution in [-0.2, 0) is 13.0 Å². The van der Waals surface area contributed by atoms with Crippen LogP contribution < -0.4 is 24.4 Å². The van der Waals surface area contributed by atoms with Gasteiger partial charge in [0.25, 0.3) is 11.2 Å². The number of nitro benzene ring substituents is 1. The van der Waals surface area contributed by atoms with Gasteiger partial charge in [0.05, 0.1) is 28.3 Å². The summed E-state index contributed by atoms with van der Waals surface area (Å²) >= 11 is 1.37. The SMILES string of the molecule is COc1ccc([C@H]2C3=C(N=c4s/c(=C\c5ccccc5OCc5ccc([N+](=O)[O-])cc5)c(=O)n42)c2ccccc2CC3)cc1. The fourth-order valence-electron chi connectivity index (χ4n) is 5.86. The Bertz CT molecular complexity index is 2110. The molecule has 4 aromatic carbocycles. The Labute approximate surface area is 256 Å². The van der Waals surface area contributed by atoms with Crippen LogP contribution in [0.4, 0.5) is 5.69 Å². The quantitative estimate of drug-likeness (QED) is 0.173. The predicted octanol–water partition coefficient (Wildman–Crippen LogP) is 5.81. The molecule has 0 spiro atoms. The molecule has 5 aromatic rings. The zero-order valence-corrected chi connectivity index (χ0v) is 24.6. The highest BCUT2D eigenvalue weighted by Crippen LogP contribution is 2.41. The summed E-state index contributed by atoms with van der Waals surface area (Å²) in [5.41, 5.74) is 6.97. The van der Waals surface area contributed by atoms with Gasteiger partial charge in [-0.25, -0.2) is 4.99 Å². The Hall–Kier alpha value is -5.28. The number of non-ortho nitro benzene ring substituents is 1. The first kappa shape index (κ1) is 27.5. The number of fused-ring (bicyclic) bond motifs is 3. The van der Waals surface area contributed by atoms with Crippen molar-refractivity contribution in [3.05, 3.63) is 160 Å². The first-order valence-electron chi connectivity index (χ1n) is 14.2. The number of nitrogens with zero attached hydrogens (tertiary/aromatic N) is 3. The molecule has 44 heavy (non-hydrogen) atoms. The molecule has 2 heterocycles. The van der Waals surface area contributed by atoms with E-state index in [9.17, 15) is 14.9 Å². The summed E-state index contributed by atoms with van der Waals surface area (Å²) in [7, 11) is 1.64. The minimum atomic E-state index is -0.426. The lowest BCUT2D eigenvalue weighted by Gasteiger charge is -2.30. The van der Waals surface area contributed by atoms with Gasteiger partial charge < -0.3 is 9.47 Å². The summed E-state index contributed by atoms with van der Waals surface area (Å²) in [5.74, 6) is 1.37. The Kier molecular flexibility index (Phi) is 7.15. The average molecular weight is 602 g/mol.